The van der Waals surface area contributed by atoms with Crippen LogP contribution in [0.25, 0.3) is 0 Å². The summed E-state index contributed by atoms with van der Waals surface area (Å²) in [7, 11) is 0. The van der Waals surface area contributed by atoms with Crippen LogP contribution in [0.2, 0.25) is 0 Å². The van der Waals surface area contributed by atoms with E-state index in [0.29, 0.717) is 25.1 Å². The lowest BCUT2D eigenvalue weighted by molar-refractivity contribution is -0.137. The van der Waals surface area contributed by atoms with Crippen molar-refractivity contribution in [1.82, 2.24) is 25.0 Å². The Morgan fingerprint density at radius 3 is 2.46 bits per heavy atom. The molecule has 10 heteroatoms. The van der Waals surface area contributed by atoms with Gasteiger partial charge >= 0.3 is 12.2 Å². The number of hydrogen-bond acceptors (Lipinski definition) is 3. The summed E-state index contributed by atoms with van der Waals surface area (Å²) < 4.78 is 41.8. The van der Waals surface area contributed by atoms with Crippen LogP contribution in [0.1, 0.15) is 66.6 Å². The van der Waals surface area contributed by atoms with Gasteiger partial charge in [-0.05, 0) is 61.6 Å². The molecule has 0 bridgehead atoms. The number of carbonyl (C=O) groups is 1. The van der Waals surface area contributed by atoms with Gasteiger partial charge in [0.15, 0.2) is 5.82 Å². The Bertz CT molecular complexity index is 1160. The Morgan fingerprint density at radius 1 is 1.14 bits per heavy atom. The number of nitrogens with one attached hydrogen (secondary N) is 1. The maximum Gasteiger partial charge on any atom is 0.416 e. The van der Waals surface area contributed by atoms with Crippen molar-refractivity contribution in [3.63, 3.8) is 0 Å². The molecule has 1 aromatic heterocycles. The second-order valence-electron chi connectivity index (χ2n) is 8.70. The molecule has 2 heterocycles. The topological polar surface area (TPSA) is 63.1 Å². The Labute approximate surface area is 210 Å². The molecule has 6 nitrogen and oxygen atoms in total. The van der Waals surface area contributed by atoms with E-state index in [1.165, 1.54) is 12.1 Å². The summed E-state index contributed by atoms with van der Waals surface area (Å²) in [6, 6.07) is 12.1. The highest BCUT2D eigenvalue weighted by Crippen LogP contribution is 2.33. The van der Waals surface area contributed by atoms with Gasteiger partial charge in [0, 0.05) is 11.0 Å². The normalized spacial score (nSPS) is 17.0. The molecular formula is C25H27BrF3N5O. The van der Waals surface area contributed by atoms with Gasteiger partial charge in [0.05, 0.1) is 24.2 Å². The first-order valence-corrected chi connectivity index (χ1v) is 12.3. The summed E-state index contributed by atoms with van der Waals surface area (Å²) in [6.45, 7) is 4.95. The summed E-state index contributed by atoms with van der Waals surface area (Å²) in [6.07, 6.45) is -2.24. The number of benzene rings is 2. The zero-order valence-corrected chi connectivity index (χ0v) is 21.1. The fourth-order valence-electron chi connectivity index (χ4n) is 4.45. The molecule has 0 radical (unpaired) electrons. The highest BCUT2D eigenvalue weighted by molar-refractivity contribution is 9.10. The van der Waals surface area contributed by atoms with E-state index in [1.807, 2.05) is 42.7 Å². The Hall–Kier alpha value is -2.88. The Morgan fingerprint density at radius 2 is 1.83 bits per heavy atom. The van der Waals surface area contributed by atoms with E-state index < -0.39 is 17.8 Å². The average molecular weight is 550 g/mol. The summed E-state index contributed by atoms with van der Waals surface area (Å²) in [5.74, 6) is 1.51. The average Bonchev–Trinajstić information content (AvgIpc) is 3.45. The molecule has 0 unspecified atom stereocenters. The molecule has 2 aromatic carbocycles. The van der Waals surface area contributed by atoms with E-state index in [4.69, 9.17) is 0 Å². The molecule has 186 valence electrons. The molecule has 4 rings (SSSR count). The molecule has 0 spiro atoms. The predicted octanol–water partition coefficient (Wildman–Crippen LogP) is 6.41. The van der Waals surface area contributed by atoms with E-state index in [-0.39, 0.29) is 12.1 Å². The lowest BCUT2D eigenvalue weighted by Crippen LogP contribution is -2.41. The Kier molecular flexibility index (Phi) is 7.49. The molecule has 0 saturated carbocycles. The first kappa shape index (κ1) is 25.2. The standard InChI is InChI=1S/C25H27BrF3N5O/c1-3-21(18-8-10-19(11-9-18)25(27,28)29)30-24(35)33-14-4-5-22(33)23-32-31-16(2)34(23)15-17-6-12-20(26)13-7-17/h6-13,21-22H,3-5,14-15H2,1-2H3,(H,30,35)/t21-,22+/m0/s1. The molecular weight excluding hydrogens is 523 g/mol. The molecule has 1 fully saturated rings. The number of nitrogens with zero attached hydrogens (tertiary/aromatic N) is 4. The summed E-state index contributed by atoms with van der Waals surface area (Å²) in [5, 5.41) is 11.7. The van der Waals surface area contributed by atoms with Crippen LogP contribution in [0, 0.1) is 6.92 Å². The monoisotopic (exact) mass is 549 g/mol. The second-order valence-corrected chi connectivity index (χ2v) is 9.62. The van der Waals surface area contributed by atoms with Crippen LogP contribution in [-0.4, -0.2) is 32.2 Å². The molecule has 1 N–H and O–H groups in total. The molecule has 1 aliphatic heterocycles. The second kappa shape index (κ2) is 10.4. The van der Waals surface area contributed by atoms with Gasteiger partial charge < -0.3 is 14.8 Å². The number of likely N-dealkylation sites (tertiary alicyclic amines) is 1. The number of amides is 2. The third-order valence-corrected chi connectivity index (χ3v) is 6.91. The van der Waals surface area contributed by atoms with Gasteiger partial charge in [0.2, 0.25) is 0 Å². The molecule has 35 heavy (non-hydrogen) atoms. The van der Waals surface area contributed by atoms with Crippen LogP contribution in [0.5, 0.6) is 0 Å². The largest absolute Gasteiger partial charge is 0.416 e. The third kappa shape index (κ3) is 5.69. The van der Waals surface area contributed by atoms with E-state index in [1.54, 1.807) is 4.90 Å². The number of aromatic nitrogens is 3. The lowest BCUT2D eigenvalue weighted by Gasteiger charge is -2.28. The first-order valence-electron chi connectivity index (χ1n) is 11.6. The van der Waals surface area contributed by atoms with Crippen LogP contribution in [0.15, 0.2) is 53.0 Å². The summed E-state index contributed by atoms with van der Waals surface area (Å²) in [5.41, 5.74) is 1.03. The number of hydrogen-bond donors (Lipinski definition) is 1. The number of halogens is 4. The smallest absolute Gasteiger partial charge is 0.331 e. The molecule has 1 aliphatic rings. The van der Waals surface area contributed by atoms with E-state index >= 15 is 0 Å². The third-order valence-electron chi connectivity index (χ3n) is 6.38. The predicted molar refractivity (Wildman–Crippen MR) is 130 cm³/mol. The molecule has 3 aromatic rings. The minimum absolute atomic E-state index is 0.225. The van der Waals surface area contributed by atoms with Crippen molar-refractivity contribution in [2.75, 3.05) is 6.54 Å². The molecule has 2 atom stereocenters. The van der Waals surface area contributed by atoms with Crippen molar-refractivity contribution in [2.45, 2.75) is 57.9 Å². The fraction of sp³-hybridized carbons (Fsp3) is 0.400. The van der Waals surface area contributed by atoms with E-state index in [9.17, 15) is 18.0 Å². The summed E-state index contributed by atoms with van der Waals surface area (Å²) >= 11 is 3.45. The summed E-state index contributed by atoms with van der Waals surface area (Å²) in [4.78, 5) is 15.0. The van der Waals surface area contributed by atoms with Gasteiger partial charge in [-0.3, -0.25) is 0 Å². The molecule has 1 saturated heterocycles. The van der Waals surface area contributed by atoms with Crippen LogP contribution in [0.3, 0.4) is 0 Å². The highest BCUT2D eigenvalue weighted by atomic mass is 79.9. The first-order chi connectivity index (χ1) is 16.7. The maximum atomic E-state index is 13.3. The number of rotatable bonds is 6. The zero-order valence-electron chi connectivity index (χ0n) is 19.5. The van der Waals surface area contributed by atoms with Crippen LogP contribution < -0.4 is 5.32 Å². The molecule has 2 amide bonds. The van der Waals surface area contributed by atoms with Gasteiger partial charge in [-0.15, -0.1) is 10.2 Å². The Balaban J connectivity index is 1.51. The lowest BCUT2D eigenvalue weighted by atomic mass is 10.0. The quantitative estimate of drug-likeness (QED) is 0.386. The maximum absolute atomic E-state index is 13.3. The number of aryl methyl sites for hydroxylation is 1. The van der Waals surface area contributed by atoms with Crippen molar-refractivity contribution >= 4 is 22.0 Å². The van der Waals surface area contributed by atoms with Gasteiger partial charge in [0.25, 0.3) is 0 Å². The van der Waals surface area contributed by atoms with Crippen LogP contribution in [-0.2, 0) is 12.7 Å². The highest BCUT2D eigenvalue weighted by Gasteiger charge is 2.35. The van der Waals surface area contributed by atoms with Gasteiger partial charge in [-0.1, -0.05) is 47.1 Å². The van der Waals surface area contributed by atoms with Crippen LogP contribution in [0.4, 0.5) is 18.0 Å². The van der Waals surface area contributed by atoms with Gasteiger partial charge in [-0.2, -0.15) is 13.2 Å². The van der Waals surface area contributed by atoms with Crippen molar-refractivity contribution in [1.29, 1.82) is 0 Å². The van der Waals surface area contributed by atoms with Crippen molar-refractivity contribution < 1.29 is 18.0 Å². The number of carbonyl (C=O) groups excluding carboxylic acids is 1. The van der Waals surface area contributed by atoms with E-state index in [2.05, 4.69) is 31.4 Å². The number of urea groups is 1. The SMILES string of the molecule is CC[C@H](NC(=O)N1CCC[C@@H]1c1nnc(C)n1Cc1ccc(Br)cc1)c1ccc(C(F)(F)F)cc1. The van der Waals surface area contributed by atoms with Gasteiger partial charge in [-0.25, -0.2) is 4.79 Å². The van der Waals surface area contributed by atoms with E-state index in [0.717, 1.165) is 46.7 Å². The van der Waals surface area contributed by atoms with Crippen molar-refractivity contribution in [3.8, 4) is 0 Å². The number of alkyl halides is 3. The minimum atomic E-state index is -4.39. The van der Waals surface area contributed by atoms with Crippen LogP contribution >= 0.6 is 15.9 Å². The zero-order chi connectivity index (χ0) is 25.2. The van der Waals surface area contributed by atoms with Gasteiger partial charge in [0.1, 0.15) is 5.82 Å². The van der Waals surface area contributed by atoms with Crippen molar-refractivity contribution in [2.24, 2.45) is 0 Å². The van der Waals surface area contributed by atoms with Crippen molar-refractivity contribution in [3.05, 3.63) is 81.3 Å². The minimum Gasteiger partial charge on any atom is -0.331 e. The molecule has 0 aliphatic carbocycles. The fourth-order valence-corrected chi connectivity index (χ4v) is 4.71.